The van der Waals surface area contributed by atoms with E-state index in [1.54, 1.807) is 6.33 Å². The molecule has 3 atom stereocenters. The van der Waals surface area contributed by atoms with Crippen LogP contribution in [0.4, 0.5) is 0 Å². The number of pyridine rings is 1. The number of aromatic nitrogens is 2. The third-order valence-corrected chi connectivity index (χ3v) is 6.66. The Hall–Kier alpha value is -2.66. The second-order valence-electron chi connectivity index (χ2n) is 8.08. The summed E-state index contributed by atoms with van der Waals surface area (Å²) >= 11 is 0. The van der Waals surface area contributed by atoms with Gasteiger partial charge in [-0.25, -0.2) is 4.98 Å². The van der Waals surface area contributed by atoms with Crippen molar-refractivity contribution in [2.75, 3.05) is 6.54 Å². The first-order chi connectivity index (χ1) is 13.7. The molecule has 0 spiro atoms. The number of fused-ring (bicyclic) bond motifs is 2. The van der Waals surface area contributed by atoms with Crippen molar-refractivity contribution >= 4 is 11.4 Å². The number of imidazole rings is 1. The average molecular weight is 375 g/mol. The molecule has 144 valence electrons. The molecular weight excluding hydrogens is 350 g/mol. The number of hydrogen-bond donors (Lipinski definition) is 1. The molecule has 1 N–H and O–H groups in total. The maximum absolute atomic E-state index is 13.4. The van der Waals surface area contributed by atoms with E-state index >= 15 is 0 Å². The molecule has 2 fully saturated rings. The molecule has 0 bridgehead atoms. The Kier molecular flexibility index (Phi) is 4.20. The Morgan fingerprint density at radius 3 is 2.71 bits per heavy atom. The van der Waals surface area contributed by atoms with E-state index in [1.165, 1.54) is 0 Å². The van der Waals surface area contributed by atoms with E-state index in [1.807, 2.05) is 64.0 Å². The molecule has 5 nitrogen and oxygen atoms in total. The van der Waals surface area contributed by atoms with Crippen LogP contribution in [0.1, 0.15) is 48.2 Å². The standard InChI is InChI=1S/C23H25N3O2/c27-22(21-20-12-6-7-14-25(20)16-24-21)26-15-13-23(28,17-8-2-1-3-9-17)18-10-4-5-11-19(18)26/h1-3,6-9,12,14,16,18-19,28H,4-5,10-11,13,15H2/t18-,19+,23?/m0/s1. The van der Waals surface area contributed by atoms with E-state index in [4.69, 9.17) is 0 Å². The van der Waals surface area contributed by atoms with Crippen molar-refractivity contribution in [3.63, 3.8) is 0 Å². The number of hydrogen-bond acceptors (Lipinski definition) is 3. The van der Waals surface area contributed by atoms with Crippen LogP contribution in [0.3, 0.4) is 0 Å². The number of nitrogens with zero attached hydrogens (tertiary/aromatic N) is 3. The first-order valence-corrected chi connectivity index (χ1v) is 10.2. The van der Waals surface area contributed by atoms with Crippen molar-refractivity contribution in [3.05, 3.63) is 72.3 Å². The van der Waals surface area contributed by atoms with Crippen LogP contribution in [0.2, 0.25) is 0 Å². The molecule has 1 saturated carbocycles. The smallest absolute Gasteiger partial charge is 0.274 e. The van der Waals surface area contributed by atoms with Crippen molar-refractivity contribution in [1.82, 2.24) is 14.3 Å². The fourth-order valence-corrected chi connectivity index (χ4v) is 5.27. The van der Waals surface area contributed by atoms with Gasteiger partial charge in [0.05, 0.1) is 11.1 Å². The number of likely N-dealkylation sites (tertiary alicyclic amines) is 1. The Morgan fingerprint density at radius 2 is 1.86 bits per heavy atom. The minimum absolute atomic E-state index is 0.0132. The molecular formula is C23H25N3O2. The number of aliphatic hydroxyl groups is 1. The van der Waals surface area contributed by atoms with E-state index in [9.17, 15) is 9.90 Å². The summed E-state index contributed by atoms with van der Waals surface area (Å²) in [5.74, 6) is 0.0518. The van der Waals surface area contributed by atoms with Gasteiger partial charge in [-0.3, -0.25) is 4.79 Å². The molecule has 2 aromatic heterocycles. The predicted molar refractivity (Wildman–Crippen MR) is 107 cm³/mol. The van der Waals surface area contributed by atoms with Gasteiger partial charge < -0.3 is 14.4 Å². The molecule has 1 aliphatic heterocycles. The summed E-state index contributed by atoms with van der Waals surface area (Å²) in [7, 11) is 0. The number of rotatable bonds is 2. The average Bonchev–Trinajstić information content (AvgIpc) is 3.19. The van der Waals surface area contributed by atoms with Gasteiger partial charge in [0.2, 0.25) is 0 Å². The molecule has 0 radical (unpaired) electrons. The molecule has 1 aromatic carbocycles. The Labute approximate surface area is 164 Å². The third-order valence-electron chi connectivity index (χ3n) is 6.66. The number of benzene rings is 1. The van der Waals surface area contributed by atoms with Crippen molar-refractivity contribution in [2.24, 2.45) is 5.92 Å². The largest absolute Gasteiger partial charge is 0.385 e. The lowest BCUT2D eigenvalue weighted by molar-refractivity contribution is -0.110. The van der Waals surface area contributed by atoms with Crippen molar-refractivity contribution in [2.45, 2.75) is 43.7 Å². The van der Waals surface area contributed by atoms with E-state index in [-0.39, 0.29) is 17.9 Å². The summed E-state index contributed by atoms with van der Waals surface area (Å²) in [6.07, 6.45) is 8.26. The van der Waals surface area contributed by atoms with Crippen molar-refractivity contribution in [1.29, 1.82) is 0 Å². The summed E-state index contributed by atoms with van der Waals surface area (Å²) < 4.78 is 1.88. The highest BCUT2D eigenvalue weighted by atomic mass is 16.3. The lowest BCUT2D eigenvalue weighted by atomic mass is 9.66. The zero-order chi connectivity index (χ0) is 19.1. The van der Waals surface area contributed by atoms with Crippen molar-refractivity contribution < 1.29 is 9.90 Å². The van der Waals surface area contributed by atoms with E-state index in [2.05, 4.69) is 4.98 Å². The van der Waals surface area contributed by atoms with Crippen LogP contribution in [0.25, 0.3) is 5.52 Å². The van der Waals surface area contributed by atoms with Crippen LogP contribution in [0.15, 0.2) is 61.1 Å². The monoisotopic (exact) mass is 375 g/mol. The van der Waals surface area contributed by atoms with Crippen LogP contribution in [0.5, 0.6) is 0 Å². The van der Waals surface area contributed by atoms with Gasteiger partial charge in [0.1, 0.15) is 6.33 Å². The minimum atomic E-state index is -0.862. The van der Waals surface area contributed by atoms with Crippen LogP contribution < -0.4 is 0 Å². The number of amides is 1. The number of piperidine rings is 1. The third kappa shape index (κ3) is 2.65. The van der Waals surface area contributed by atoms with Gasteiger partial charge in [0, 0.05) is 24.7 Å². The molecule has 1 aliphatic carbocycles. The zero-order valence-electron chi connectivity index (χ0n) is 15.9. The van der Waals surface area contributed by atoms with Gasteiger partial charge in [-0.05, 0) is 37.0 Å². The number of carbonyl (C=O) groups excluding carboxylic acids is 1. The quantitative estimate of drug-likeness (QED) is 0.744. The number of carbonyl (C=O) groups is 1. The van der Waals surface area contributed by atoms with Crippen molar-refractivity contribution in [3.8, 4) is 0 Å². The van der Waals surface area contributed by atoms with Gasteiger partial charge >= 0.3 is 0 Å². The molecule has 1 saturated heterocycles. The van der Waals surface area contributed by atoms with E-state index in [0.717, 1.165) is 36.8 Å². The van der Waals surface area contributed by atoms with Gasteiger partial charge in [-0.15, -0.1) is 0 Å². The molecule has 2 aliphatic rings. The summed E-state index contributed by atoms with van der Waals surface area (Å²) in [4.78, 5) is 19.8. The Bertz CT molecular complexity index is 999. The highest BCUT2D eigenvalue weighted by molar-refractivity contribution is 5.99. The van der Waals surface area contributed by atoms with Crippen LogP contribution >= 0.6 is 0 Å². The first-order valence-electron chi connectivity index (χ1n) is 10.2. The Balaban J connectivity index is 1.50. The lowest BCUT2D eigenvalue weighted by Crippen LogP contribution is -2.59. The summed E-state index contributed by atoms with van der Waals surface area (Å²) in [6, 6.07) is 15.8. The van der Waals surface area contributed by atoms with Gasteiger partial charge in [-0.2, -0.15) is 0 Å². The van der Waals surface area contributed by atoms with Gasteiger partial charge in [0.25, 0.3) is 5.91 Å². The molecule has 5 rings (SSSR count). The Morgan fingerprint density at radius 1 is 1.07 bits per heavy atom. The SMILES string of the molecule is O=C(c1ncn2ccccc12)N1CCC(O)(c2ccccc2)[C@H]2CCCC[C@H]21. The maximum atomic E-state index is 13.4. The van der Waals surface area contributed by atoms with Gasteiger partial charge in [-0.1, -0.05) is 49.2 Å². The van der Waals surface area contributed by atoms with Crippen LogP contribution in [0, 0.1) is 5.92 Å². The normalized spacial score (nSPS) is 27.5. The highest BCUT2D eigenvalue weighted by Crippen LogP contribution is 2.47. The molecule has 1 unspecified atom stereocenters. The zero-order valence-corrected chi connectivity index (χ0v) is 15.9. The van der Waals surface area contributed by atoms with E-state index < -0.39 is 5.60 Å². The van der Waals surface area contributed by atoms with Crippen LogP contribution in [-0.2, 0) is 5.60 Å². The minimum Gasteiger partial charge on any atom is -0.385 e. The second-order valence-corrected chi connectivity index (χ2v) is 8.08. The molecule has 5 heteroatoms. The van der Waals surface area contributed by atoms with Gasteiger partial charge in [0.15, 0.2) is 5.69 Å². The fraction of sp³-hybridized carbons (Fsp3) is 0.391. The predicted octanol–water partition coefficient (Wildman–Crippen LogP) is 3.63. The topological polar surface area (TPSA) is 57.8 Å². The molecule has 3 heterocycles. The lowest BCUT2D eigenvalue weighted by Gasteiger charge is -2.52. The summed E-state index contributed by atoms with van der Waals surface area (Å²) in [6.45, 7) is 0.553. The fourth-order valence-electron chi connectivity index (χ4n) is 5.27. The summed E-state index contributed by atoms with van der Waals surface area (Å²) in [5.41, 5.74) is 1.46. The molecule has 28 heavy (non-hydrogen) atoms. The summed E-state index contributed by atoms with van der Waals surface area (Å²) in [5, 5.41) is 11.7. The molecule has 1 amide bonds. The van der Waals surface area contributed by atoms with E-state index in [0.29, 0.717) is 18.7 Å². The highest BCUT2D eigenvalue weighted by Gasteiger charge is 2.50. The maximum Gasteiger partial charge on any atom is 0.274 e. The first kappa shape index (κ1) is 17.4. The second kappa shape index (κ2) is 6.74. The molecule has 3 aromatic rings. The van der Waals surface area contributed by atoms with Crippen LogP contribution in [-0.4, -0.2) is 37.9 Å².